The van der Waals surface area contributed by atoms with Crippen LogP contribution in [0.1, 0.15) is 25.8 Å². The Bertz CT molecular complexity index is 495. The lowest BCUT2D eigenvalue weighted by molar-refractivity contribution is -0.121. The van der Waals surface area contributed by atoms with Crippen molar-refractivity contribution in [2.75, 3.05) is 18.4 Å². The van der Waals surface area contributed by atoms with E-state index in [4.69, 9.17) is 5.73 Å². The lowest BCUT2D eigenvalue weighted by Crippen LogP contribution is -2.51. The lowest BCUT2D eigenvalue weighted by atomic mass is 10.1. The molecule has 1 amide bonds. The number of amides is 1. The van der Waals surface area contributed by atoms with E-state index in [-0.39, 0.29) is 18.0 Å². The summed E-state index contributed by atoms with van der Waals surface area (Å²) in [6.45, 7) is 5.48. The molecular formula is C17H25N3O. The van der Waals surface area contributed by atoms with Crippen molar-refractivity contribution in [3.05, 3.63) is 42.0 Å². The second-order valence-corrected chi connectivity index (χ2v) is 5.47. The van der Waals surface area contributed by atoms with Crippen LogP contribution in [-0.2, 0) is 11.2 Å². The monoisotopic (exact) mass is 287 g/mol. The number of anilines is 1. The average Bonchev–Trinajstić information content (AvgIpc) is 2.54. The summed E-state index contributed by atoms with van der Waals surface area (Å²) in [5.41, 5.74) is 7.91. The summed E-state index contributed by atoms with van der Waals surface area (Å²) in [4.78, 5) is 14.6. The fraction of sp³-hybridized carbons (Fsp3) is 0.471. The predicted molar refractivity (Wildman–Crippen MR) is 87.2 cm³/mol. The Morgan fingerprint density at radius 1 is 1.43 bits per heavy atom. The first kappa shape index (κ1) is 15.7. The first-order chi connectivity index (χ1) is 10.2. The van der Waals surface area contributed by atoms with Gasteiger partial charge in [-0.2, -0.15) is 0 Å². The van der Waals surface area contributed by atoms with Crippen LogP contribution in [0, 0.1) is 0 Å². The van der Waals surface area contributed by atoms with Gasteiger partial charge in [-0.05, 0) is 37.5 Å². The van der Waals surface area contributed by atoms with Crippen molar-refractivity contribution in [3.8, 4) is 0 Å². The summed E-state index contributed by atoms with van der Waals surface area (Å²) in [7, 11) is 0. The summed E-state index contributed by atoms with van der Waals surface area (Å²) in [5.74, 6) is 0.0213. The zero-order chi connectivity index (χ0) is 15.2. The van der Waals surface area contributed by atoms with Crippen LogP contribution in [0.2, 0.25) is 0 Å². The van der Waals surface area contributed by atoms with E-state index in [9.17, 15) is 4.79 Å². The number of nitrogens with zero attached hydrogens (tertiary/aromatic N) is 1. The van der Waals surface area contributed by atoms with Crippen LogP contribution in [-0.4, -0.2) is 36.0 Å². The van der Waals surface area contributed by atoms with Gasteiger partial charge in [-0.1, -0.05) is 31.2 Å². The molecule has 0 bridgehead atoms. The molecule has 0 aromatic heterocycles. The van der Waals surface area contributed by atoms with E-state index in [2.05, 4.69) is 29.3 Å². The lowest BCUT2D eigenvalue weighted by Gasteiger charge is -2.35. The molecule has 1 aromatic carbocycles. The van der Waals surface area contributed by atoms with E-state index in [1.165, 1.54) is 5.56 Å². The molecule has 2 atom stereocenters. The molecule has 0 radical (unpaired) electrons. The standard InChI is InChI=1S/C17H25N3O/c1-3-14-7-9-15(10-8-14)19-17(21)13(2)20-11-5-4-6-16(20)12-18/h4,6-10,13,16H,3,5,11-12,18H2,1-2H3,(H,19,21). The molecule has 4 nitrogen and oxygen atoms in total. The molecule has 1 heterocycles. The molecule has 1 aliphatic heterocycles. The third-order valence-electron chi connectivity index (χ3n) is 4.09. The number of carbonyl (C=O) groups excluding carboxylic acids is 1. The van der Waals surface area contributed by atoms with E-state index in [1.807, 2.05) is 31.2 Å². The van der Waals surface area contributed by atoms with Crippen molar-refractivity contribution in [3.63, 3.8) is 0 Å². The van der Waals surface area contributed by atoms with Gasteiger partial charge in [0, 0.05) is 24.8 Å². The first-order valence-electron chi connectivity index (χ1n) is 7.68. The van der Waals surface area contributed by atoms with Gasteiger partial charge in [0.25, 0.3) is 0 Å². The van der Waals surface area contributed by atoms with Gasteiger partial charge < -0.3 is 11.1 Å². The van der Waals surface area contributed by atoms with Crippen molar-refractivity contribution in [2.45, 2.75) is 38.8 Å². The molecule has 3 N–H and O–H groups in total. The average molecular weight is 287 g/mol. The third-order valence-corrected chi connectivity index (χ3v) is 4.09. The summed E-state index contributed by atoms with van der Waals surface area (Å²) < 4.78 is 0. The van der Waals surface area contributed by atoms with Crippen LogP contribution < -0.4 is 11.1 Å². The van der Waals surface area contributed by atoms with Crippen LogP contribution in [0.4, 0.5) is 5.69 Å². The van der Waals surface area contributed by atoms with Gasteiger partial charge in [-0.25, -0.2) is 0 Å². The molecule has 0 fully saturated rings. The van der Waals surface area contributed by atoms with Gasteiger partial charge in [0.15, 0.2) is 0 Å². The smallest absolute Gasteiger partial charge is 0.241 e. The minimum absolute atomic E-state index is 0.0213. The van der Waals surface area contributed by atoms with Crippen molar-refractivity contribution >= 4 is 11.6 Å². The molecular weight excluding hydrogens is 262 g/mol. The van der Waals surface area contributed by atoms with Crippen molar-refractivity contribution in [1.82, 2.24) is 4.90 Å². The minimum atomic E-state index is -0.186. The second-order valence-electron chi connectivity index (χ2n) is 5.47. The predicted octanol–water partition coefficient (Wildman–Crippen LogP) is 2.17. The molecule has 1 aliphatic rings. The third kappa shape index (κ3) is 3.93. The van der Waals surface area contributed by atoms with E-state index in [0.717, 1.165) is 25.1 Å². The molecule has 2 unspecified atom stereocenters. The summed E-state index contributed by atoms with van der Waals surface area (Å²) in [6.07, 6.45) is 6.22. The van der Waals surface area contributed by atoms with Crippen molar-refractivity contribution in [1.29, 1.82) is 0 Å². The van der Waals surface area contributed by atoms with Gasteiger partial charge in [0.2, 0.25) is 5.91 Å². The highest BCUT2D eigenvalue weighted by atomic mass is 16.2. The van der Waals surface area contributed by atoms with E-state index in [0.29, 0.717) is 6.54 Å². The molecule has 2 rings (SSSR count). The highest BCUT2D eigenvalue weighted by Crippen LogP contribution is 2.16. The highest BCUT2D eigenvalue weighted by molar-refractivity contribution is 5.94. The number of nitrogens with two attached hydrogens (primary N) is 1. The summed E-state index contributed by atoms with van der Waals surface area (Å²) >= 11 is 0. The number of benzene rings is 1. The molecule has 0 spiro atoms. The SMILES string of the molecule is CCc1ccc(NC(=O)C(C)N2CCC=CC2CN)cc1. The molecule has 21 heavy (non-hydrogen) atoms. The fourth-order valence-electron chi connectivity index (χ4n) is 2.67. The Morgan fingerprint density at radius 3 is 2.76 bits per heavy atom. The Kier molecular flexibility index (Phi) is 5.53. The van der Waals surface area contributed by atoms with Gasteiger partial charge in [0.05, 0.1) is 6.04 Å². The number of nitrogens with one attached hydrogen (secondary N) is 1. The first-order valence-corrected chi connectivity index (χ1v) is 7.68. The summed E-state index contributed by atoms with van der Waals surface area (Å²) in [6, 6.07) is 7.98. The number of carbonyl (C=O) groups is 1. The molecule has 0 aliphatic carbocycles. The van der Waals surface area contributed by atoms with Gasteiger partial charge in [0.1, 0.15) is 0 Å². The normalized spacial score (nSPS) is 20.2. The number of rotatable bonds is 5. The zero-order valence-electron chi connectivity index (χ0n) is 12.9. The minimum Gasteiger partial charge on any atom is -0.329 e. The maximum Gasteiger partial charge on any atom is 0.241 e. The van der Waals surface area contributed by atoms with E-state index < -0.39 is 0 Å². The molecule has 1 aromatic rings. The van der Waals surface area contributed by atoms with Gasteiger partial charge >= 0.3 is 0 Å². The van der Waals surface area contributed by atoms with Crippen molar-refractivity contribution < 1.29 is 4.79 Å². The van der Waals surface area contributed by atoms with Crippen LogP contribution >= 0.6 is 0 Å². The molecule has 0 saturated carbocycles. The Balaban J connectivity index is 1.99. The maximum atomic E-state index is 12.4. The van der Waals surface area contributed by atoms with Crippen molar-refractivity contribution in [2.24, 2.45) is 5.73 Å². The topological polar surface area (TPSA) is 58.4 Å². The number of hydrogen-bond donors (Lipinski definition) is 2. The van der Waals surface area contributed by atoms with Gasteiger partial charge in [-0.15, -0.1) is 0 Å². The van der Waals surface area contributed by atoms with Crippen LogP contribution in [0.3, 0.4) is 0 Å². The summed E-state index contributed by atoms with van der Waals surface area (Å²) in [5, 5.41) is 2.99. The van der Waals surface area contributed by atoms with Crippen LogP contribution in [0.5, 0.6) is 0 Å². The Hall–Kier alpha value is -1.65. The molecule has 114 valence electrons. The second kappa shape index (κ2) is 7.38. The molecule has 4 heteroatoms. The van der Waals surface area contributed by atoms with E-state index >= 15 is 0 Å². The Labute approximate surface area is 127 Å². The zero-order valence-corrected chi connectivity index (χ0v) is 12.9. The number of aryl methyl sites for hydroxylation is 1. The largest absolute Gasteiger partial charge is 0.329 e. The fourth-order valence-corrected chi connectivity index (χ4v) is 2.67. The number of hydrogen-bond acceptors (Lipinski definition) is 3. The molecule has 0 saturated heterocycles. The van der Waals surface area contributed by atoms with E-state index in [1.54, 1.807) is 0 Å². The Morgan fingerprint density at radius 2 is 2.14 bits per heavy atom. The quantitative estimate of drug-likeness (QED) is 0.816. The van der Waals surface area contributed by atoms with Crippen LogP contribution in [0.25, 0.3) is 0 Å². The highest BCUT2D eigenvalue weighted by Gasteiger charge is 2.27. The van der Waals surface area contributed by atoms with Gasteiger partial charge in [-0.3, -0.25) is 9.69 Å². The van der Waals surface area contributed by atoms with Crippen LogP contribution in [0.15, 0.2) is 36.4 Å². The maximum absolute atomic E-state index is 12.4.